The number of thioether (sulfide) groups is 1. The van der Waals surface area contributed by atoms with Crippen molar-refractivity contribution < 1.29 is 14.3 Å². The van der Waals surface area contributed by atoms with E-state index in [4.69, 9.17) is 16.3 Å². The lowest BCUT2D eigenvalue weighted by Crippen LogP contribution is -2.52. The van der Waals surface area contributed by atoms with Crippen molar-refractivity contribution in [3.8, 4) is 5.75 Å². The topological polar surface area (TPSA) is 58.6 Å². The minimum Gasteiger partial charge on any atom is -0.497 e. The maximum atomic E-state index is 13.4. The van der Waals surface area contributed by atoms with Gasteiger partial charge in [-0.15, -0.1) is 11.8 Å². The third kappa shape index (κ3) is 7.68. The maximum absolute atomic E-state index is 13.4. The number of nitrogens with zero attached hydrogens (tertiary/aromatic N) is 1. The van der Waals surface area contributed by atoms with E-state index in [0.29, 0.717) is 18.0 Å². The monoisotopic (exact) mass is 488 g/mol. The molecule has 1 atom stereocenters. The van der Waals surface area contributed by atoms with E-state index in [9.17, 15) is 9.59 Å². The van der Waals surface area contributed by atoms with Crippen molar-refractivity contribution in [3.63, 3.8) is 0 Å². The Morgan fingerprint density at radius 2 is 1.88 bits per heavy atom. The summed E-state index contributed by atoms with van der Waals surface area (Å²) >= 11 is 7.43. The van der Waals surface area contributed by atoms with Crippen molar-refractivity contribution >= 4 is 35.2 Å². The molecule has 2 aromatic carbocycles. The van der Waals surface area contributed by atoms with Crippen molar-refractivity contribution in [1.82, 2.24) is 10.2 Å². The molecule has 0 aromatic heterocycles. The van der Waals surface area contributed by atoms with Crippen LogP contribution < -0.4 is 10.1 Å². The zero-order valence-electron chi connectivity index (χ0n) is 19.4. The van der Waals surface area contributed by atoms with Crippen molar-refractivity contribution in [2.24, 2.45) is 0 Å². The van der Waals surface area contributed by atoms with Crippen LogP contribution in [0.3, 0.4) is 0 Å². The first-order valence-corrected chi connectivity index (χ1v) is 13.0. The van der Waals surface area contributed by atoms with E-state index < -0.39 is 6.04 Å². The molecular formula is C26H33ClN2O3S. The zero-order chi connectivity index (χ0) is 23.6. The number of carbonyl (C=O) groups excluding carboxylic acids is 2. The van der Waals surface area contributed by atoms with Gasteiger partial charge in [0.05, 0.1) is 12.9 Å². The van der Waals surface area contributed by atoms with Crippen molar-refractivity contribution in [3.05, 3.63) is 59.1 Å². The standard InChI is InChI=1S/C26H33ClN2O3S/c1-3-24(26(31)28-21-9-5-4-6-10-21)29(17-19-8-7-11-22(16-19)32-2)25(30)18-33-23-14-12-20(27)13-15-23/h7-8,11-16,21,24H,3-6,9-10,17-18H2,1-2H3,(H,28,31). The Morgan fingerprint density at radius 3 is 2.55 bits per heavy atom. The Labute approximate surface area is 206 Å². The summed E-state index contributed by atoms with van der Waals surface area (Å²) in [6, 6.07) is 14.8. The van der Waals surface area contributed by atoms with Crippen molar-refractivity contribution in [2.75, 3.05) is 12.9 Å². The summed E-state index contributed by atoms with van der Waals surface area (Å²) in [5, 5.41) is 3.88. The fourth-order valence-corrected chi connectivity index (χ4v) is 5.10. The number of amides is 2. The number of benzene rings is 2. The first-order valence-electron chi connectivity index (χ1n) is 11.6. The fourth-order valence-electron chi connectivity index (χ4n) is 4.19. The molecule has 2 amide bonds. The summed E-state index contributed by atoms with van der Waals surface area (Å²) in [7, 11) is 1.62. The Bertz CT molecular complexity index is 916. The summed E-state index contributed by atoms with van der Waals surface area (Å²) in [5.74, 6) is 0.856. The molecule has 3 rings (SSSR count). The summed E-state index contributed by atoms with van der Waals surface area (Å²) < 4.78 is 5.35. The molecule has 7 heteroatoms. The number of carbonyl (C=O) groups is 2. The van der Waals surface area contributed by atoms with Crippen LogP contribution in [-0.2, 0) is 16.1 Å². The summed E-state index contributed by atoms with van der Waals surface area (Å²) in [5.41, 5.74) is 0.933. The van der Waals surface area contributed by atoms with Gasteiger partial charge in [-0.3, -0.25) is 9.59 Å². The molecule has 2 aromatic rings. The maximum Gasteiger partial charge on any atom is 0.243 e. The average Bonchev–Trinajstić information content (AvgIpc) is 2.84. The molecule has 0 radical (unpaired) electrons. The molecule has 178 valence electrons. The lowest BCUT2D eigenvalue weighted by Gasteiger charge is -2.32. The molecule has 0 spiro atoms. The molecule has 1 fully saturated rings. The minimum absolute atomic E-state index is 0.0582. The molecule has 33 heavy (non-hydrogen) atoms. The number of rotatable bonds is 10. The summed E-state index contributed by atoms with van der Waals surface area (Å²) in [6.07, 6.45) is 6.10. The van der Waals surface area contributed by atoms with Crippen LogP contribution in [0.5, 0.6) is 5.75 Å². The second-order valence-corrected chi connectivity index (χ2v) is 9.87. The van der Waals surface area contributed by atoms with Gasteiger partial charge in [-0.05, 0) is 61.2 Å². The van der Waals surface area contributed by atoms with Crippen LogP contribution in [0.1, 0.15) is 51.0 Å². The van der Waals surface area contributed by atoms with E-state index in [1.54, 1.807) is 12.0 Å². The van der Waals surface area contributed by atoms with Crippen LogP contribution in [0, 0.1) is 0 Å². The molecule has 0 bridgehead atoms. The van der Waals surface area contributed by atoms with Crippen molar-refractivity contribution in [1.29, 1.82) is 0 Å². The largest absolute Gasteiger partial charge is 0.497 e. The van der Waals surface area contributed by atoms with Gasteiger partial charge in [-0.1, -0.05) is 49.9 Å². The highest BCUT2D eigenvalue weighted by molar-refractivity contribution is 8.00. The number of hydrogen-bond donors (Lipinski definition) is 1. The van der Waals surface area contributed by atoms with Gasteiger partial charge in [-0.25, -0.2) is 0 Å². The van der Waals surface area contributed by atoms with E-state index in [-0.39, 0.29) is 23.6 Å². The van der Waals surface area contributed by atoms with E-state index in [2.05, 4.69) is 5.32 Å². The van der Waals surface area contributed by atoms with E-state index in [0.717, 1.165) is 41.9 Å². The zero-order valence-corrected chi connectivity index (χ0v) is 21.0. The third-order valence-electron chi connectivity index (χ3n) is 6.00. The Hall–Kier alpha value is -2.18. The Kier molecular flexibility index (Phi) is 9.95. The lowest BCUT2D eigenvalue weighted by atomic mass is 9.95. The normalized spacial score (nSPS) is 15.0. The number of methoxy groups -OCH3 is 1. The van der Waals surface area contributed by atoms with Crippen LogP contribution in [0.25, 0.3) is 0 Å². The highest BCUT2D eigenvalue weighted by Crippen LogP contribution is 2.24. The van der Waals surface area contributed by atoms with Crippen LogP contribution in [0.15, 0.2) is 53.4 Å². The van der Waals surface area contributed by atoms with Gasteiger partial charge < -0.3 is 15.0 Å². The predicted octanol–water partition coefficient (Wildman–Crippen LogP) is 5.70. The van der Waals surface area contributed by atoms with Gasteiger partial charge >= 0.3 is 0 Å². The number of hydrogen-bond acceptors (Lipinski definition) is 4. The first kappa shape index (κ1) is 25.4. The van der Waals surface area contributed by atoms with Gasteiger partial charge in [0.15, 0.2) is 0 Å². The Morgan fingerprint density at radius 1 is 1.15 bits per heavy atom. The van der Waals surface area contributed by atoms with Gasteiger partial charge in [0.1, 0.15) is 11.8 Å². The average molecular weight is 489 g/mol. The first-order chi connectivity index (χ1) is 16.0. The molecule has 1 saturated carbocycles. The molecule has 1 unspecified atom stereocenters. The molecular weight excluding hydrogens is 456 g/mol. The number of ether oxygens (including phenoxy) is 1. The number of halogens is 1. The van der Waals surface area contributed by atoms with Crippen LogP contribution in [0.2, 0.25) is 5.02 Å². The van der Waals surface area contributed by atoms with Gasteiger partial charge in [-0.2, -0.15) is 0 Å². The Balaban J connectivity index is 1.76. The van der Waals surface area contributed by atoms with Gasteiger partial charge in [0.2, 0.25) is 11.8 Å². The summed E-state index contributed by atoms with van der Waals surface area (Å²) in [6.45, 7) is 2.32. The van der Waals surface area contributed by atoms with E-state index >= 15 is 0 Å². The molecule has 0 saturated heterocycles. The lowest BCUT2D eigenvalue weighted by molar-refractivity contribution is -0.139. The third-order valence-corrected chi connectivity index (χ3v) is 7.25. The van der Waals surface area contributed by atoms with Crippen molar-refractivity contribution in [2.45, 2.75) is 69.0 Å². The SMILES string of the molecule is CCC(C(=O)NC1CCCCC1)N(Cc1cccc(OC)c1)C(=O)CSc1ccc(Cl)cc1. The smallest absolute Gasteiger partial charge is 0.243 e. The molecule has 0 aliphatic heterocycles. The highest BCUT2D eigenvalue weighted by atomic mass is 35.5. The second kappa shape index (κ2) is 12.9. The van der Waals surface area contributed by atoms with Gasteiger partial charge in [0, 0.05) is 22.5 Å². The molecule has 5 nitrogen and oxygen atoms in total. The molecule has 0 heterocycles. The highest BCUT2D eigenvalue weighted by Gasteiger charge is 2.30. The second-order valence-electron chi connectivity index (χ2n) is 8.38. The fraction of sp³-hybridized carbons (Fsp3) is 0.462. The van der Waals surface area contributed by atoms with E-state index in [1.165, 1.54) is 18.2 Å². The van der Waals surface area contributed by atoms with E-state index in [1.807, 2.05) is 55.5 Å². The predicted molar refractivity (Wildman–Crippen MR) is 135 cm³/mol. The molecule has 1 aliphatic rings. The number of nitrogens with one attached hydrogen (secondary N) is 1. The van der Waals surface area contributed by atoms with Crippen LogP contribution in [0.4, 0.5) is 0 Å². The van der Waals surface area contributed by atoms with Crippen LogP contribution in [-0.4, -0.2) is 41.7 Å². The summed E-state index contributed by atoms with van der Waals surface area (Å²) in [4.78, 5) is 29.4. The quantitative estimate of drug-likeness (QED) is 0.436. The van der Waals surface area contributed by atoms with Crippen LogP contribution >= 0.6 is 23.4 Å². The minimum atomic E-state index is -0.517. The molecule has 1 N–H and O–H groups in total. The molecule has 1 aliphatic carbocycles. The van der Waals surface area contributed by atoms with Gasteiger partial charge in [0.25, 0.3) is 0 Å².